The third-order valence-electron chi connectivity index (χ3n) is 3.75. The van der Waals surface area contributed by atoms with Crippen molar-refractivity contribution in [1.29, 1.82) is 0 Å². The molecule has 0 bridgehead atoms. The Morgan fingerprint density at radius 3 is 2.29 bits per heavy atom. The molecular weight excluding hydrogens is 380 g/mol. The van der Waals surface area contributed by atoms with Crippen molar-refractivity contribution in [3.63, 3.8) is 0 Å². The fourth-order valence-electron chi connectivity index (χ4n) is 2.40. The summed E-state index contributed by atoms with van der Waals surface area (Å²) in [7, 11) is 0. The first-order valence-corrected chi connectivity index (χ1v) is 8.12. The molecule has 2 heterocycles. The van der Waals surface area contributed by atoms with Crippen molar-refractivity contribution in [3.05, 3.63) is 53.9 Å². The molecule has 0 atom stereocenters. The van der Waals surface area contributed by atoms with Gasteiger partial charge >= 0.3 is 6.18 Å². The molecule has 0 aliphatic heterocycles. The summed E-state index contributed by atoms with van der Waals surface area (Å²) in [5, 5.41) is 13.2. The van der Waals surface area contributed by atoms with Gasteiger partial charge in [-0.15, -0.1) is 5.10 Å². The lowest BCUT2D eigenvalue weighted by Gasteiger charge is -2.18. The van der Waals surface area contributed by atoms with Crippen molar-refractivity contribution >= 4 is 11.6 Å². The van der Waals surface area contributed by atoms with Crippen LogP contribution >= 0.6 is 0 Å². The summed E-state index contributed by atoms with van der Waals surface area (Å²) in [6.45, 7) is 5.63. The first kappa shape index (κ1) is 19.5. The largest absolute Gasteiger partial charge is 0.435 e. The zero-order valence-corrected chi connectivity index (χ0v) is 15.1. The van der Waals surface area contributed by atoms with E-state index in [1.165, 1.54) is 12.4 Å². The SMILES string of the molecule is CC(C)(C)n1cc(NC(=O)c2nnn(-c3ccc(F)cc3)c2C(F)(F)F)cn1. The van der Waals surface area contributed by atoms with Gasteiger partial charge in [0.1, 0.15) is 5.82 Å². The molecular formula is C17H16F4N6O. The molecule has 0 aliphatic carbocycles. The van der Waals surface area contributed by atoms with Gasteiger partial charge in [-0.1, -0.05) is 5.21 Å². The number of hydrogen-bond acceptors (Lipinski definition) is 4. The van der Waals surface area contributed by atoms with Crippen LogP contribution in [0.15, 0.2) is 36.7 Å². The average Bonchev–Trinajstić information content (AvgIpc) is 3.21. The van der Waals surface area contributed by atoms with E-state index in [1.54, 1.807) is 4.68 Å². The fourth-order valence-corrected chi connectivity index (χ4v) is 2.40. The lowest BCUT2D eigenvalue weighted by molar-refractivity contribution is -0.143. The Labute approximate surface area is 157 Å². The maximum atomic E-state index is 13.6. The quantitative estimate of drug-likeness (QED) is 0.686. The van der Waals surface area contributed by atoms with Gasteiger partial charge in [0.25, 0.3) is 5.91 Å². The number of hydrogen-bond donors (Lipinski definition) is 1. The van der Waals surface area contributed by atoms with Crippen LogP contribution < -0.4 is 5.32 Å². The first-order chi connectivity index (χ1) is 13.0. The second kappa shape index (κ2) is 6.73. The number of anilines is 1. The summed E-state index contributed by atoms with van der Waals surface area (Å²) in [5.41, 5.74) is -2.50. The normalized spacial score (nSPS) is 12.2. The van der Waals surface area contributed by atoms with Crippen LogP contribution in [-0.4, -0.2) is 30.7 Å². The Morgan fingerprint density at radius 1 is 1.11 bits per heavy atom. The summed E-state index contributed by atoms with van der Waals surface area (Å²) >= 11 is 0. The molecule has 148 valence electrons. The van der Waals surface area contributed by atoms with Crippen molar-refractivity contribution < 1.29 is 22.4 Å². The lowest BCUT2D eigenvalue weighted by Crippen LogP contribution is -2.22. The zero-order chi connectivity index (χ0) is 20.7. The molecule has 0 unspecified atom stereocenters. The third kappa shape index (κ3) is 3.87. The standard InChI is InChI=1S/C17H16F4N6O/c1-16(2,3)26-9-11(8-22-26)23-15(28)13-14(17(19,20)21)27(25-24-13)12-6-4-10(18)5-7-12/h4-9H,1-3H3,(H,23,28). The number of alkyl halides is 3. The van der Waals surface area contributed by atoms with Crippen LogP contribution in [0.25, 0.3) is 5.69 Å². The molecule has 2 aromatic heterocycles. The van der Waals surface area contributed by atoms with Crippen molar-refractivity contribution in [2.24, 2.45) is 0 Å². The number of carbonyl (C=O) groups is 1. The Kier molecular flexibility index (Phi) is 4.69. The van der Waals surface area contributed by atoms with Gasteiger partial charge < -0.3 is 5.32 Å². The molecule has 0 fully saturated rings. The van der Waals surface area contributed by atoms with E-state index in [9.17, 15) is 22.4 Å². The highest BCUT2D eigenvalue weighted by atomic mass is 19.4. The number of rotatable bonds is 3. The Bertz CT molecular complexity index is 998. The number of carbonyl (C=O) groups excluding carboxylic acids is 1. The van der Waals surface area contributed by atoms with Crippen LogP contribution in [0.5, 0.6) is 0 Å². The topological polar surface area (TPSA) is 77.6 Å². The number of halogens is 4. The minimum atomic E-state index is -4.92. The van der Waals surface area contributed by atoms with Gasteiger partial charge in [0.05, 0.1) is 23.1 Å². The van der Waals surface area contributed by atoms with Gasteiger partial charge in [0.2, 0.25) is 0 Å². The smallest absolute Gasteiger partial charge is 0.318 e. The second-order valence-corrected chi connectivity index (χ2v) is 6.97. The molecule has 0 saturated heterocycles. The van der Waals surface area contributed by atoms with Crippen molar-refractivity contribution in [2.75, 3.05) is 5.32 Å². The van der Waals surface area contributed by atoms with Crippen LogP contribution in [0.2, 0.25) is 0 Å². The number of benzene rings is 1. The van der Waals surface area contributed by atoms with E-state index in [2.05, 4.69) is 20.7 Å². The number of nitrogens with zero attached hydrogens (tertiary/aromatic N) is 5. The van der Waals surface area contributed by atoms with E-state index >= 15 is 0 Å². The van der Waals surface area contributed by atoms with Gasteiger partial charge in [-0.05, 0) is 45.0 Å². The van der Waals surface area contributed by atoms with Crippen molar-refractivity contribution in [2.45, 2.75) is 32.5 Å². The molecule has 7 nitrogen and oxygen atoms in total. The van der Waals surface area contributed by atoms with E-state index in [-0.39, 0.29) is 16.9 Å². The molecule has 0 saturated carbocycles. The first-order valence-electron chi connectivity index (χ1n) is 8.12. The summed E-state index contributed by atoms with van der Waals surface area (Å²) in [5.74, 6) is -1.71. The monoisotopic (exact) mass is 396 g/mol. The predicted octanol–water partition coefficient (Wildman–Crippen LogP) is 3.63. The Hall–Kier alpha value is -3.24. The van der Waals surface area contributed by atoms with Crippen LogP contribution in [0.1, 0.15) is 37.0 Å². The van der Waals surface area contributed by atoms with E-state index in [1.807, 2.05) is 20.8 Å². The van der Waals surface area contributed by atoms with Gasteiger partial charge in [0.15, 0.2) is 11.4 Å². The van der Waals surface area contributed by atoms with E-state index in [0.29, 0.717) is 4.68 Å². The minimum absolute atomic E-state index is 0.0826. The highest BCUT2D eigenvalue weighted by molar-refractivity contribution is 6.03. The fraction of sp³-hybridized carbons (Fsp3) is 0.294. The summed E-state index contributed by atoms with van der Waals surface area (Å²) < 4.78 is 55.9. The maximum Gasteiger partial charge on any atom is 0.435 e. The molecule has 1 aromatic carbocycles. The average molecular weight is 396 g/mol. The number of aromatic nitrogens is 5. The van der Waals surface area contributed by atoms with Gasteiger partial charge in [-0.25, -0.2) is 9.07 Å². The van der Waals surface area contributed by atoms with Gasteiger partial charge in [-0.2, -0.15) is 18.3 Å². The van der Waals surface area contributed by atoms with Crippen molar-refractivity contribution in [3.8, 4) is 5.69 Å². The molecule has 3 aromatic rings. The predicted molar refractivity (Wildman–Crippen MR) is 91.5 cm³/mol. The summed E-state index contributed by atoms with van der Waals surface area (Å²) in [4.78, 5) is 12.4. The van der Waals surface area contributed by atoms with E-state index in [4.69, 9.17) is 0 Å². The summed E-state index contributed by atoms with van der Waals surface area (Å²) in [6.07, 6.45) is -2.10. The molecule has 0 radical (unpaired) electrons. The van der Waals surface area contributed by atoms with E-state index in [0.717, 1.165) is 24.3 Å². The molecule has 3 rings (SSSR count). The Morgan fingerprint density at radius 2 is 1.75 bits per heavy atom. The van der Waals surface area contributed by atoms with Crippen molar-refractivity contribution in [1.82, 2.24) is 24.8 Å². The van der Waals surface area contributed by atoms with Crippen LogP contribution in [0.4, 0.5) is 23.2 Å². The molecule has 0 spiro atoms. The van der Waals surface area contributed by atoms with Crippen LogP contribution in [0, 0.1) is 5.82 Å². The highest BCUT2D eigenvalue weighted by Crippen LogP contribution is 2.33. The van der Waals surface area contributed by atoms with Crippen LogP contribution in [0.3, 0.4) is 0 Å². The van der Waals surface area contributed by atoms with Gasteiger partial charge in [0, 0.05) is 6.20 Å². The highest BCUT2D eigenvalue weighted by Gasteiger charge is 2.42. The summed E-state index contributed by atoms with van der Waals surface area (Å²) in [6, 6.07) is 4.18. The molecule has 28 heavy (non-hydrogen) atoms. The van der Waals surface area contributed by atoms with Crippen LogP contribution in [-0.2, 0) is 11.7 Å². The number of amides is 1. The molecule has 1 N–H and O–H groups in total. The maximum absolute atomic E-state index is 13.6. The Balaban J connectivity index is 1.96. The molecule has 1 amide bonds. The number of nitrogens with one attached hydrogen (secondary N) is 1. The second-order valence-electron chi connectivity index (χ2n) is 6.97. The van der Waals surface area contributed by atoms with Gasteiger partial charge in [-0.3, -0.25) is 9.48 Å². The van der Waals surface area contributed by atoms with E-state index < -0.39 is 29.3 Å². The minimum Gasteiger partial charge on any atom is -0.318 e. The zero-order valence-electron chi connectivity index (χ0n) is 15.1. The molecule has 0 aliphatic rings. The third-order valence-corrected chi connectivity index (χ3v) is 3.75. The molecule has 11 heteroatoms. The lowest BCUT2D eigenvalue weighted by atomic mass is 10.1.